The van der Waals surface area contributed by atoms with E-state index >= 15 is 0 Å². The van der Waals surface area contributed by atoms with Gasteiger partial charge in [-0.1, -0.05) is 42.5 Å². The summed E-state index contributed by atoms with van der Waals surface area (Å²) in [4.78, 5) is 18.2. The summed E-state index contributed by atoms with van der Waals surface area (Å²) in [5.41, 5.74) is 4.67. The van der Waals surface area contributed by atoms with Crippen LogP contribution in [0.1, 0.15) is 29.5 Å². The predicted molar refractivity (Wildman–Crippen MR) is 113 cm³/mol. The van der Waals surface area contributed by atoms with Crippen LogP contribution in [0.3, 0.4) is 0 Å². The highest BCUT2D eigenvalue weighted by Gasteiger charge is 2.44. The first-order valence-corrected chi connectivity index (χ1v) is 10.4. The standard InChI is InChI=1S/C24H30N2O2/c1-19-7-6-10-22(20(19)2)25-13-15-26(16-14-25)23(27)24(11-17-28-18-12-24)21-8-4-3-5-9-21/h3-10H,11-18H2,1-2H3. The molecule has 28 heavy (non-hydrogen) atoms. The maximum atomic E-state index is 13.7. The minimum Gasteiger partial charge on any atom is -0.381 e. The summed E-state index contributed by atoms with van der Waals surface area (Å²) in [6.07, 6.45) is 1.54. The minimum absolute atomic E-state index is 0.280. The van der Waals surface area contributed by atoms with Gasteiger partial charge in [0.1, 0.15) is 0 Å². The molecule has 2 fully saturated rings. The largest absolute Gasteiger partial charge is 0.381 e. The maximum Gasteiger partial charge on any atom is 0.233 e. The highest BCUT2D eigenvalue weighted by atomic mass is 16.5. The van der Waals surface area contributed by atoms with E-state index in [0.717, 1.165) is 44.6 Å². The molecule has 0 N–H and O–H groups in total. The third-order valence-electron chi connectivity index (χ3n) is 6.57. The van der Waals surface area contributed by atoms with Crippen molar-refractivity contribution in [3.8, 4) is 0 Å². The summed E-state index contributed by atoms with van der Waals surface area (Å²) in [6, 6.07) is 16.8. The summed E-state index contributed by atoms with van der Waals surface area (Å²) in [5, 5.41) is 0. The van der Waals surface area contributed by atoms with Gasteiger partial charge in [-0.15, -0.1) is 0 Å². The first-order valence-electron chi connectivity index (χ1n) is 10.4. The first kappa shape index (κ1) is 19.0. The Kier molecular flexibility index (Phi) is 5.40. The van der Waals surface area contributed by atoms with Crippen LogP contribution < -0.4 is 4.90 Å². The van der Waals surface area contributed by atoms with Crippen molar-refractivity contribution >= 4 is 11.6 Å². The van der Waals surface area contributed by atoms with Crippen molar-refractivity contribution in [1.29, 1.82) is 0 Å². The zero-order valence-electron chi connectivity index (χ0n) is 17.0. The van der Waals surface area contributed by atoms with Crippen LogP contribution in [0.2, 0.25) is 0 Å². The van der Waals surface area contributed by atoms with Crippen LogP contribution in [0.5, 0.6) is 0 Å². The lowest BCUT2D eigenvalue weighted by Gasteiger charge is -2.43. The van der Waals surface area contributed by atoms with Gasteiger partial charge >= 0.3 is 0 Å². The minimum atomic E-state index is -0.430. The number of ether oxygens (including phenoxy) is 1. The van der Waals surface area contributed by atoms with E-state index in [-0.39, 0.29) is 5.91 Å². The highest BCUT2D eigenvalue weighted by molar-refractivity contribution is 5.88. The molecule has 0 aromatic heterocycles. The molecule has 2 aliphatic heterocycles. The molecule has 2 aliphatic rings. The van der Waals surface area contributed by atoms with E-state index in [9.17, 15) is 4.79 Å². The average molecular weight is 379 g/mol. The van der Waals surface area contributed by atoms with Crippen molar-refractivity contribution < 1.29 is 9.53 Å². The van der Waals surface area contributed by atoms with Crippen molar-refractivity contribution in [2.45, 2.75) is 32.1 Å². The lowest BCUT2D eigenvalue weighted by Crippen LogP contribution is -2.56. The number of amides is 1. The van der Waals surface area contributed by atoms with Gasteiger partial charge in [-0.05, 0) is 49.4 Å². The second-order valence-corrected chi connectivity index (χ2v) is 8.06. The molecule has 2 aromatic rings. The Bertz CT molecular complexity index is 820. The molecule has 0 aliphatic carbocycles. The van der Waals surface area contributed by atoms with Crippen LogP contribution >= 0.6 is 0 Å². The molecule has 0 atom stereocenters. The number of benzene rings is 2. The van der Waals surface area contributed by atoms with Gasteiger partial charge in [0.05, 0.1) is 5.41 Å². The van der Waals surface area contributed by atoms with Gasteiger partial charge in [-0.25, -0.2) is 0 Å². The zero-order chi connectivity index (χ0) is 19.6. The SMILES string of the molecule is Cc1cccc(N2CCN(C(=O)C3(c4ccccc4)CCOCC3)CC2)c1C. The number of carbonyl (C=O) groups is 1. The molecule has 0 unspecified atom stereocenters. The van der Waals surface area contributed by atoms with E-state index in [0.29, 0.717) is 13.2 Å². The maximum absolute atomic E-state index is 13.7. The van der Waals surface area contributed by atoms with Gasteiger partial charge in [0, 0.05) is 45.1 Å². The van der Waals surface area contributed by atoms with Gasteiger partial charge in [-0.3, -0.25) is 4.79 Å². The molecule has 4 rings (SSSR count). The van der Waals surface area contributed by atoms with E-state index in [1.165, 1.54) is 16.8 Å². The van der Waals surface area contributed by atoms with Gasteiger partial charge in [-0.2, -0.15) is 0 Å². The van der Waals surface area contributed by atoms with E-state index in [1.807, 2.05) is 18.2 Å². The van der Waals surface area contributed by atoms with Crippen LogP contribution in [0.25, 0.3) is 0 Å². The summed E-state index contributed by atoms with van der Waals surface area (Å²) in [6.45, 7) is 8.99. The van der Waals surface area contributed by atoms with Gasteiger partial charge in [0.15, 0.2) is 0 Å². The van der Waals surface area contributed by atoms with Gasteiger partial charge < -0.3 is 14.5 Å². The van der Waals surface area contributed by atoms with Crippen LogP contribution in [-0.4, -0.2) is 50.2 Å². The molecule has 4 nitrogen and oxygen atoms in total. The van der Waals surface area contributed by atoms with Crippen LogP contribution in [0.4, 0.5) is 5.69 Å². The van der Waals surface area contributed by atoms with Crippen molar-refractivity contribution in [2.24, 2.45) is 0 Å². The molecule has 2 saturated heterocycles. The van der Waals surface area contributed by atoms with Crippen molar-refractivity contribution in [3.63, 3.8) is 0 Å². The molecule has 1 amide bonds. The lowest BCUT2D eigenvalue weighted by molar-refractivity contribution is -0.141. The van der Waals surface area contributed by atoms with E-state index in [1.54, 1.807) is 0 Å². The summed E-state index contributed by atoms with van der Waals surface area (Å²) >= 11 is 0. The number of rotatable bonds is 3. The number of carbonyl (C=O) groups excluding carboxylic acids is 1. The Balaban J connectivity index is 1.52. The Labute approximate surface area is 168 Å². The fourth-order valence-corrected chi connectivity index (χ4v) is 4.63. The quantitative estimate of drug-likeness (QED) is 0.816. The van der Waals surface area contributed by atoms with Crippen molar-refractivity contribution in [2.75, 3.05) is 44.3 Å². The third-order valence-corrected chi connectivity index (χ3v) is 6.57. The van der Waals surface area contributed by atoms with Crippen molar-refractivity contribution in [3.05, 3.63) is 65.2 Å². The number of anilines is 1. The normalized spacial score (nSPS) is 19.5. The van der Waals surface area contributed by atoms with E-state index in [4.69, 9.17) is 4.74 Å². The molecular formula is C24H30N2O2. The second-order valence-electron chi connectivity index (χ2n) is 8.06. The summed E-state index contributed by atoms with van der Waals surface area (Å²) in [7, 11) is 0. The first-order chi connectivity index (χ1) is 13.6. The summed E-state index contributed by atoms with van der Waals surface area (Å²) < 4.78 is 5.60. The Morgan fingerprint density at radius 2 is 1.57 bits per heavy atom. The van der Waals surface area contributed by atoms with Gasteiger partial charge in [0.25, 0.3) is 0 Å². The highest BCUT2D eigenvalue weighted by Crippen LogP contribution is 2.37. The van der Waals surface area contributed by atoms with Crippen LogP contribution in [0, 0.1) is 13.8 Å². The number of hydrogen-bond donors (Lipinski definition) is 0. The summed E-state index contributed by atoms with van der Waals surface area (Å²) in [5.74, 6) is 0.280. The smallest absolute Gasteiger partial charge is 0.233 e. The Morgan fingerprint density at radius 3 is 2.25 bits per heavy atom. The Hall–Kier alpha value is -2.33. The van der Waals surface area contributed by atoms with E-state index < -0.39 is 5.41 Å². The van der Waals surface area contributed by atoms with Crippen LogP contribution in [0.15, 0.2) is 48.5 Å². The van der Waals surface area contributed by atoms with Crippen LogP contribution in [-0.2, 0) is 14.9 Å². The number of piperazine rings is 1. The predicted octanol–water partition coefficient (Wildman–Crippen LogP) is 3.70. The molecule has 2 heterocycles. The second kappa shape index (κ2) is 7.96. The third kappa shape index (κ3) is 3.42. The van der Waals surface area contributed by atoms with Crippen molar-refractivity contribution in [1.82, 2.24) is 4.90 Å². The number of hydrogen-bond acceptors (Lipinski definition) is 3. The molecule has 0 radical (unpaired) electrons. The molecule has 148 valence electrons. The molecule has 0 saturated carbocycles. The number of nitrogens with zero attached hydrogens (tertiary/aromatic N) is 2. The fraction of sp³-hybridized carbons (Fsp3) is 0.458. The molecule has 4 heteroatoms. The monoisotopic (exact) mass is 378 g/mol. The lowest BCUT2D eigenvalue weighted by atomic mass is 9.73. The molecule has 2 aromatic carbocycles. The number of aryl methyl sites for hydroxylation is 1. The fourth-order valence-electron chi connectivity index (χ4n) is 4.63. The van der Waals surface area contributed by atoms with Gasteiger partial charge in [0.2, 0.25) is 5.91 Å². The Morgan fingerprint density at radius 1 is 0.893 bits per heavy atom. The zero-order valence-corrected chi connectivity index (χ0v) is 17.0. The van der Waals surface area contributed by atoms with E-state index in [2.05, 4.69) is 54.0 Å². The average Bonchev–Trinajstić information content (AvgIpc) is 2.76. The molecule has 0 bridgehead atoms. The topological polar surface area (TPSA) is 32.8 Å². The molecule has 0 spiro atoms. The molecular weight excluding hydrogens is 348 g/mol.